The van der Waals surface area contributed by atoms with E-state index in [1.54, 1.807) is 6.20 Å². The van der Waals surface area contributed by atoms with Crippen LogP contribution in [0, 0.1) is 11.8 Å². The quantitative estimate of drug-likeness (QED) is 0.844. The van der Waals surface area contributed by atoms with Crippen LogP contribution in [0.4, 0.5) is 0 Å². The van der Waals surface area contributed by atoms with Gasteiger partial charge in [-0.25, -0.2) is 4.98 Å². The van der Waals surface area contributed by atoms with Crippen LogP contribution in [0.15, 0.2) is 42.7 Å². The average molecular weight is 267 g/mol. The zero-order chi connectivity index (χ0) is 14.2. The van der Waals surface area contributed by atoms with Gasteiger partial charge in [0.25, 0.3) is 0 Å². The van der Waals surface area contributed by atoms with Gasteiger partial charge in [-0.3, -0.25) is 4.90 Å². The molecule has 0 aliphatic carbocycles. The zero-order valence-electron chi connectivity index (χ0n) is 12.1. The summed E-state index contributed by atoms with van der Waals surface area (Å²) in [6, 6.07) is 10.6. The van der Waals surface area contributed by atoms with Gasteiger partial charge in [0.1, 0.15) is 5.82 Å². The molecule has 0 amide bonds. The topological polar surface area (TPSA) is 31.9 Å². The molecule has 0 saturated carbocycles. The molecule has 2 rings (SSSR count). The molecule has 0 aliphatic rings. The van der Waals surface area contributed by atoms with Crippen molar-refractivity contribution in [2.75, 3.05) is 6.54 Å². The second-order valence-electron chi connectivity index (χ2n) is 4.87. The van der Waals surface area contributed by atoms with E-state index in [0.29, 0.717) is 6.04 Å². The highest BCUT2D eigenvalue weighted by Gasteiger charge is 2.12. The largest absolute Gasteiger partial charge is 0.348 e. The van der Waals surface area contributed by atoms with Gasteiger partial charge in [-0.2, -0.15) is 0 Å². The number of aromatic amines is 1. The summed E-state index contributed by atoms with van der Waals surface area (Å²) in [5, 5.41) is 0. The summed E-state index contributed by atoms with van der Waals surface area (Å²) < 4.78 is 0. The van der Waals surface area contributed by atoms with Gasteiger partial charge in [-0.15, -0.1) is 0 Å². The summed E-state index contributed by atoms with van der Waals surface area (Å²) in [5.41, 5.74) is 1.06. The van der Waals surface area contributed by atoms with Crippen LogP contribution in [0.3, 0.4) is 0 Å². The molecule has 3 nitrogen and oxygen atoms in total. The monoisotopic (exact) mass is 267 g/mol. The average Bonchev–Trinajstić information content (AvgIpc) is 2.99. The predicted molar refractivity (Wildman–Crippen MR) is 82.1 cm³/mol. The van der Waals surface area contributed by atoms with Crippen LogP contribution in [0.2, 0.25) is 0 Å². The van der Waals surface area contributed by atoms with E-state index < -0.39 is 0 Å². The maximum Gasteiger partial charge on any atom is 0.120 e. The van der Waals surface area contributed by atoms with Crippen LogP contribution in [-0.2, 0) is 6.54 Å². The second-order valence-corrected chi connectivity index (χ2v) is 4.87. The molecular weight excluding hydrogens is 246 g/mol. The van der Waals surface area contributed by atoms with Gasteiger partial charge in [0.2, 0.25) is 0 Å². The molecular formula is C17H21N3. The molecule has 1 atom stereocenters. The molecule has 3 heteroatoms. The Kier molecular flexibility index (Phi) is 5.40. The highest BCUT2D eigenvalue weighted by Crippen LogP contribution is 2.07. The first-order valence-electron chi connectivity index (χ1n) is 7.05. The minimum absolute atomic E-state index is 0.491. The van der Waals surface area contributed by atoms with Crippen LogP contribution in [0.1, 0.15) is 31.7 Å². The number of hydrogen-bond acceptors (Lipinski definition) is 2. The smallest absolute Gasteiger partial charge is 0.120 e. The number of rotatable bonds is 5. The van der Waals surface area contributed by atoms with Gasteiger partial charge in [0.05, 0.1) is 13.1 Å². The predicted octanol–water partition coefficient (Wildman–Crippen LogP) is 3.06. The van der Waals surface area contributed by atoms with E-state index in [2.05, 4.69) is 40.6 Å². The molecule has 1 N–H and O–H groups in total. The van der Waals surface area contributed by atoms with Crippen molar-refractivity contribution in [2.45, 2.75) is 32.9 Å². The zero-order valence-corrected chi connectivity index (χ0v) is 12.1. The highest BCUT2D eigenvalue weighted by atomic mass is 15.2. The number of nitrogens with zero attached hydrogens (tertiary/aromatic N) is 2. The summed E-state index contributed by atoms with van der Waals surface area (Å²) in [6.45, 7) is 5.99. The van der Waals surface area contributed by atoms with Crippen molar-refractivity contribution in [3.63, 3.8) is 0 Å². The number of H-pyrrole nitrogens is 1. The maximum absolute atomic E-state index is 4.29. The van der Waals surface area contributed by atoms with Gasteiger partial charge < -0.3 is 4.98 Å². The molecule has 2 aromatic rings. The van der Waals surface area contributed by atoms with Crippen molar-refractivity contribution < 1.29 is 0 Å². The van der Waals surface area contributed by atoms with Crippen LogP contribution in [0.5, 0.6) is 0 Å². The molecule has 0 fully saturated rings. The summed E-state index contributed by atoms with van der Waals surface area (Å²) in [5.74, 6) is 7.47. The Balaban J connectivity index is 1.99. The van der Waals surface area contributed by atoms with Crippen LogP contribution < -0.4 is 0 Å². The van der Waals surface area contributed by atoms with Crippen molar-refractivity contribution in [1.29, 1.82) is 0 Å². The highest BCUT2D eigenvalue weighted by molar-refractivity contribution is 5.33. The van der Waals surface area contributed by atoms with Gasteiger partial charge in [0, 0.05) is 24.0 Å². The summed E-state index contributed by atoms with van der Waals surface area (Å²) in [7, 11) is 0. The number of aromatic nitrogens is 2. The Morgan fingerprint density at radius 3 is 2.75 bits per heavy atom. The van der Waals surface area contributed by atoms with Crippen LogP contribution in [0.25, 0.3) is 0 Å². The van der Waals surface area contributed by atoms with Crippen LogP contribution in [-0.4, -0.2) is 27.5 Å². The summed E-state index contributed by atoms with van der Waals surface area (Å²) in [4.78, 5) is 9.79. The van der Waals surface area contributed by atoms with E-state index in [9.17, 15) is 0 Å². The van der Waals surface area contributed by atoms with E-state index in [4.69, 9.17) is 0 Å². The van der Waals surface area contributed by atoms with Gasteiger partial charge >= 0.3 is 0 Å². The molecule has 0 radical (unpaired) electrons. The Labute approximate surface area is 121 Å². The fraction of sp³-hybridized carbons (Fsp3) is 0.353. The lowest BCUT2D eigenvalue weighted by molar-refractivity contribution is 0.216. The first-order chi connectivity index (χ1) is 9.79. The Morgan fingerprint density at radius 2 is 2.10 bits per heavy atom. The lowest BCUT2D eigenvalue weighted by atomic mass is 10.2. The van der Waals surface area contributed by atoms with Gasteiger partial charge in [0.15, 0.2) is 0 Å². The molecule has 0 aliphatic heterocycles. The molecule has 20 heavy (non-hydrogen) atoms. The lowest BCUT2D eigenvalue weighted by Gasteiger charge is -2.25. The van der Waals surface area contributed by atoms with E-state index in [1.165, 1.54) is 0 Å². The fourth-order valence-corrected chi connectivity index (χ4v) is 1.97. The Morgan fingerprint density at radius 1 is 1.30 bits per heavy atom. The van der Waals surface area contributed by atoms with Gasteiger partial charge in [-0.1, -0.05) is 37.0 Å². The second kappa shape index (κ2) is 7.52. The maximum atomic E-state index is 4.29. The van der Waals surface area contributed by atoms with Crippen molar-refractivity contribution in [1.82, 2.24) is 14.9 Å². The van der Waals surface area contributed by atoms with E-state index in [-0.39, 0.29) is 0 Å². The molecule has 0 saturated heterocycles. The minimum atomic E-state index is 0.491. The number of imidazole rings is 1. The van der Waals surface area contributed by atoms with Gasteiger partial charge in [-0.05, 0) is 25.5 Å². The van der Waals surface area contributed by atoms with Crippen molar-refractivity contribution in [3.05, 3.63) is 54.1 Å². The molecule has 0 bridgehead atoms. The molecule has 0 spiro atoms. The SMILES string of the molecule is CC[C@H](C)N(CC#Cc1ccccc1)Cc1ncc[nH]1. The van der Waals surface area contributed by atoms with Crippen LogP contribution >= 0.6 is 0 Å². The van der Waals surface area contributed by atoms with Crippen molar-refractivity contribution in [3.8, 4) is 11.8 Å². The Hall–Kier alpha value is -2.05. The number of hydrogen-bond donors (Lipinski definition) is 1. The molecule has 0 unspecified atom stereocenters. The standard InChI is InChI=1S/C17H21N3/c1-3-15(2)20(14-17-18-11-12-19-17)13-7-10-16-8-5-4-6-9-16/h4-6,8-9,11-12,15H,3,13-14H2,1-2H3,(H,18,19)/t15-/m0/s1. The normalized spacial score (nSPS) is 11.9. The summed E-state index contributed by atoms with van der Waals surface area (Å²) >= 11 is 0. The first-order valence-corrected chi connectivity index (χ1v) is 7.05. The van der Waals surface area contributed by atoms with E-state index >= 15 is 0 Å². The number of nitrogens with one attached hydrogen (secondary N) is 1. The number of benzene rings is 1. The third kappa shape index (κ3) is 4.25. The van der Waals surface area contributed by atoms with Crippen molar-refractivity contribution in [2.24, 2.45) is 0 Å². The summed E-state index contributed by atoms with van der Waals surface area (Å²) in [6.07, 6.45) is 4.76. The molecule has 104 valence electrons. The van der Waals surface area contributed by atoms with E-state index in [1.807, 2.05) is 36.5 Å². The Bertz CT molecular complexity index is 549. The molecule has 1 aromatic carbocycles. The molecule has 1 aromatic heterocycles. The lowest BCUT2D eigenvalue weighted by Crippen LogP contribution is -2.32. The fourth-order valence-electron chi connectivity index (χ4n) is 1.97. The molecule has 1 heterocycles. The third-order valence-electron chi connectivity index (χ3n) is 3.41. The van der Waals surface area contributed by atoms with Crippen molar-refractivity contribution >= 4 is 0 Å². The first kappa shape index (κ1) is 14.4. The van der Waals surface area contributed by atoms with E-state index in [0.717, 1.165) is 30.9 Å². The minimum Gasteiger partial charge on any atom is -0.348 e. The third-order valence-corrected chi connectivity index (χ3v) is 3.41.